The highest BCUT2D eigenvalue weighted by Crippen LogP contribution is 2.20. The van der Waals surface area contributed by atoms with Crippen molar-refractivity contribution in [1.82, 2.24) is 4.31 Å². The fourth-order valence-corrected chi connectivity index (χ4v) is 4.19. The number of hydrogen-bond donors (Lipinski definition) is 1. The number of allylic oxidation sites excluding steroid dienone is 1. The van der Waals surface area contributed by atoms with Crippen molar-refractivity contribution in [2.24, 2.45) is 0 Å². The molecular weight excluding hydrogens is 376 g/mol. The second kappa shape index (κ2) is 10.1. The first-order chi connectivity index (χ1) is 13.4. The van der Waals surface area contributed by atoms with Gasteiger partial charge in [0.2, 0.25) is 10.0 Å². The van der Waals surface area contributed by atoms with Crippen LogP contribution in [0.4, 0.5) is 5.69 Å². The van der Waals surface area contributed by atoms with Crippen LogP contribution >= 0.6 is 0 Å². The predicted molar refractivity (Wildman–Crippen MR) is 111 cm³/mol. The monoisotopic (exact) mass is 402 g/mol. The maximum absolute atomic E-state index is 12.5. The van der Waals surface area contributed by atoms with Gasteiger partial charge in [0.15, 0.2) is 6.61 Å². The predicted octanol–water partition coefficient (Wildman–Crippen LogP) is 3.46. The minimum absolute atomic E-state index is 0.145. The largest absolute Gasteiger partial charge is 0.483 e. The van der Waals surface area contributed by atoms with Crippen molar-refractivity contribution in [2.75, 3.05) is 25.0 Å². The molecule has 0 saturated heterocycles. The molecule has 0 atom stereocenters. The van der Waals surface area contributed by atoms with Gasteiger partial charge in [-0.05, 0) is 42.3 Å². The molecule has 0 unspecified atom stereocenters. The number of rotatable bonds is 10. The van der Waals surface area contributed by atoms with Gasteiger partial charge in [-0.3, -0.25) is 4.79 Å². The lowest BCUT2D eigenvalue weighted by atomic mass is 10.1. The first kappa shape index (κ1) is 21.7. The van der Waals surface area contributed by atoms with E-state index in [1.165, 1.54) is 16.4 Å². The van der Waals surface area contributed by atoms with Gasteiger partial charge in [-0.1, -0.05) is 38.1 Å². The first-order valence-electron chi connectivity index (χ1n) is 9.14. The lowest BCUT2D eigenvalue weighted by Gasteiger charge is -2.18. The Hall–Kier alpha value is -2.64. The molecule has 150 valence electrons. The van der Waals surface area contributed by atoms with Crippen LogP contribution in [0.1, 0.15) is 19.4 Å². The Labute approximate surface area is 166 Å². The fraction of sp³-hybridized carbons (Fsp3) is 0.286. The highest BCUT2D eigenvalue weighted by Gasteiger charge is 2.21. The van der Waals surface area contributed by atoms with Gasteiger partial charge < -0.3 is 10.1 Å². The van der Waals surface area contributed by atoms with Gasteiger partial charge in [0.1, 0.15) is 5.75 Å². The van der Waals surface area contributed by atoms with E-state index < -0.39 is 10.0 Å². The van der Waals surface area contributed by atoms with Crippen LogP contribution in [0.25, 0.3) is 0 Å². The molecule has 6 nitrogen and oxygen atoms in total. The van der Waals surface area contributed by atoms with Gasteiger partial charge in [0.25, 0.3) is 5.91 Å². The summed E-state index contributed by atoms with van der Waals surface area (Å²) in [5.74, 6) is 0.311. The van der Waals surface area contributed by atoms with Crippen molar-refractivity contribution in [3.05, 3.63) is 66.7 Å². The number of carbonyl (C=O) groups excluding carboxylic acids is 1. The van der Waals surface area contributed by atoms with Crippen LogP contribution in [-0.4, -0.2) is 38.3 Å². The Morgan fingerprint density at radius 3 is 2.36 bits per heavy atom. The molecule has 1 amide bonds. The van der Waals surface area contributed by atoms with Crippen molar-refractivity contribution in [3.8, 4) is 5.75 Å². The second-order valence-corrected chi connectivity index (χ2v) is 7.99. The summed E-state index contributed by atoms with van der Waals surface area (Å²) in [6.07, 6.45) is 2.43. The van der Waals surface area contributed by atoms with Crippen LogP contribution in [0.2, 0.25) is 0 Å². The topological polar surface area (TPSA) is 75.7 Å². The van der Waals surface area contributed by atoms with Crippen molar-refractivity contribution < 1.29 is 17.9 Å². The van der Waals surface area contributed by atoms with Crippen LogP contribution in [-0.2, 0) is 21.2 Å². The van der Waals surface area contributed by atoms with E-state index >= 15 is 0 Å². The Balaban J connectivity index is 1.99. The summed E-state index contributed by atoms with van der Waals surface area (Å²) in [4.78, 5) is 12.4. The number of nitrogens with one attached hydrogen (secondary N) is 1. The standard InChI is InChI=1S/C21H26N2O4S/c1-4-9-17-10-7-8-11-20(17)27-16-21(24)22-18-12-14-19(15-13-18)28(25,26)23(5-2)6-3/h4,7-8,10-15H,1,5-6,9,16H2,2-3H3,(H,22,24). The zero-order valence-electron chi connectivity index (χ0n) is 16.2. The van der Waals surface area contributed by atoms with Crippen LogP contribution in [0.3, 0.4) is 0 Å². The maximum atomic E-state index is 12.5. The zero-order valence-corrected chi connectivity index (χ0v) is 17.0. The summed E-state index contributed by atoms with van der Waals surface area (Å²) in [6, 6.07) is 13.6. The smallest absolute Gasteiger partial charge is 0.262 e. The SMILES string of the molecule is C=CCc1ccccc1OCC(=O)Nc1ccc(S(=O)(=O)N(CC)CC)cc1. The number of nitrogens with zero attached hydrogens (tertiary/aromatic N) is 1. The first-order valence-corrected chi connectivity index (χ1v) is 10.6. The van der Waals surface area contributed by atoms with Crippen molar-refractivity contribution in [1.29, 1.82) is 0 Å². The molecule has 0 bridgehead atoms. The number of ether oxygens (including phenoxy) is 1. The molecule has 0 aromatic heterocycles. The molecule has 2 rings (SSSR count). The average molecular weight is 403 g/mol. The van der Waals surface area contributed by atoms with E-state index in [9.17, 15) is 13.2 Å². The van der Waals surface area contributed by atoms with E-state index in [1.54, 1.807) is 38.1 Å². The Kier molecular flexibility index (Phi) is 7.78. The van der Waals surface area contributed by atoms with Crippen molar-refractivity contribution >= 4 is 21.6 Å². The number of sulfonamides is 1. The molecule has 0 heterocycles. The minimum atomic E-state index is -3.52. The lowest BCUT2D eigenvalue weighted by molar-refractivity contribution is -0.118. The lowest BCUT2D eigenvalue weighted by Crippen LogP contribution is -2.30. The molecule has 0 aliphatic carbocycles. The summed E-state index contributed by atoms with van der Waals surface area (Å²) < 4.78 is 32.0. The van der Waals surface area contributed by atoms with Gasteiger partial charge in [0.05, 0.1) is 4.90 Å². The van der Waals surface area contributed by atoms with Crippen LogP contribution in [0, 0.1) is 0 Å². The Bertz CT molecular complexity index is 904. The summed E-state index contributed by atoms with van der Waals surface area (Å²) in [7, 11) is -3.52. The number of amides is 1. The average Bonchev–Trinajstić information content (AvgIpc) is 2.69. The molecule has 0 aliphatic rings. The van der Waals surface area contributed by atoms with Crippen molar-refractivity contribution in [3.63, 3.8) is 0 Å². The van der Waals surface area contributed by atoms with Crippen LogP contribution in [0.15, 0.2) is 66.1 Å². The molecule has 0 radical (unpaired) electrons. The van der Waals surface area contributed by atoms with E-state index in [4.69, 9.17) is 4.74 Å². The van der Waals surface area contributed by atoms with Crippen molar-refractivity contribution in [2.45, 2.75) is 25.2 Å². The Morgan fingerprint density at radius 2 is 1.75 bits per heavy atom. The zero-order chi connectivity index (χ0) is 20.6. The molecule has 0 fully saturated rings. The van der Waals surface area contributed by atoms with Crippen LogP contribution in [0.5, 0.6) is 5.75 Å². The minimum Gasteiger partial charge on any atom is -0.483 e. The summed E-state index contributed by atoms with van der Waals surface area (Å²) in [6.45, 7) is 7.97. The third-order valence-corrected chi connectivity index (χ3v) is 6.24. The third-order valence-electron chi connectivity index (χ3n) is 4.18. The number of benzene rings is 2. The number of carbonyl (C=O) groups is 1. The van der Waals surface area contributed by atoms with Crippen LogP contribution < -0.4 is 10.1 Å². The third kappa shape index (κ3) is 5.43. The van der Waals surface area contributed by atoms with Gasteiger partial charge >= 0.3 is 0 Å². The van der Waals surface area contributed by atoms with E-state index in [2.05, 4.69) is 11.9 Å². The molecule has 0 aliphatic heterocycles. The summed E-state index contributed by atoms with van der Waals surface area (Å²) in [5, 5.41) is 2.71. The number of anilines is 1. The molecule has 7 heteroatoms. The molecule has 0 saturated carbocycles. The molecular formula is C21H26N2O4S. The molecule has 1 N–H and O–H groups in total. The Morgan fingerprint density at radius 1 is 1.11 bits per heavy atom. The maximum Gasteiger partial charge on any atom is 0.262 e. The van der Waals surface area contributed by atoms with Gasteiger partial charge in [-0.25, -0.2) is 8.42 Å². The van der Waals surface area contributed by atoms with E-state index in [0.29, 0.717) is 30.9 Å². The van der Waals surface area contributed by atoms with E-state index in [1.807, 2.05) is 18.2 Å². The highest BCUT2D eigenvalue weighted by atomic mass is 32.2. The summed E-state index contributed by atoms with van der Waals surface area (Å²) >= 11 is 0. The second-order valence-electron chi connectivity index (χ2n) is 6.05. The summed E-state index contributed by atoms with van der Waals surface area (Å²) in [5.41, 5.74) is 1.46. The fourth-order valence-electron chi connectivity index (χ4n) is 2.73. The molecule has 0 spiro atoms. The van der Waals surface area contributed by atoms with Gasteiger partial charge in [-0.15, -0.1) is 6.58 Å². The highest BCUT2D eigenvalue weighted by molar-refractivity contribution is 7.89. The normalized spacial score (nSPS) is 11.2. The molecule has 28 heavy (non-hydrogen) atoms. The van der Waals surface area contributed by atoms with E-state index in [0.717, 1.165) is 5.56 Å². The van der Waals surface area contributed by atoms with Gasteiger partial charge in [0, 0.05) is 18.8 Å². The quantitative estimate of drug-likeness (QED) is 0.618. The van der Waals surface area contributed by atoms with Gasteiger partial charge in [-0.2, -0.15) is 4.31 Å². The number of para-hydroxylation sites is 1. The number of hydrogen-bond acceptors (Lipinski definition) is 4. The van der Waals surface area contributed by atoms with E-state index in [-0.39, 0.29) is 17.4 Å². The molecule has 2 aromatic carbocycles. The molecule has 2 aromatic rings.